The smallest absolute Gasteiger partial charge is 0.227 e. The summed E-state index contributed by atoms with van der Waals surface area (Å²) in [5.41, 5.74) is 7.89. The van der Waals surface area contributed by atoms with Gasteiger partial charge in [-0.15, -0.1) is 5.10 Å². The van der Waals surface area contributed by atoms with Crippen LogP contribution in [0.25, 0.3) is 0 Å². The van der Waals surface area contributed by atoms with Crippen molar-refractivity contribution < 1.29 is 9.59 Å². The van der Waals surface area contributed by atoms with Crippen molar-refractivity contribution in [1.82, 2.24) is 19.9 Å². The van der Waals surface area contributed by atoms with Gasteiger partial charge in [0.15, 0.2) is 0 Å². The predicted octanol–water partition coefficient (Wildman–Crippen LogP) is 0.711. The van der Waals surface area contributed by atoms with Gasteiger partial charge in [0.2, 0.25) is 11.8 Å². The van der Waals surface area contributed by atoms with Gasteiger partial charge in [0.05, 0.1) is 24.4 Å². The number of carbonyl (C=O) groups is 2. The number of nitrogens with two attached hydrogens (primary N) is 1. The number of anilines is 1. The first kappa shape index (κ1) is 17.1. The molecule has 0 aliphatic carbocycles. The van der Waals surface area contributed by atoms with Crippen LogP contribution in [0.5, 0.6) is 0 Å². The number of nitrogens with zero attached hydrogens (tertiary/aromatic N) is 4. The summed E-state index contributed by atoms with van der Waals surface area (Å²) in [7, 11) is 0. The lowest BCUT2D eigenvalue weighted by Gasteiger charge is -2.17. The van der Waals surface area contributed by atoms with Gasteiger partial charge >= 0.3 is 0 Å². The fourth-order valence-corrected chi connectivity index (χ4v) is 3.02. The molecule has 0 saturated carbocycles. The van der Waals surface area contributed by atoms with Crippen LogP contribution in [0.3, 0.4) is 0 Å². The monoisotopic (exact) mass is 342 g/mol. The molecule has 2 heterocycles. The van der Waals surface area contributed by atoms with Crippen molar-refractivity contribution >= 4 is 17.5 Å². The number of hydrogen-bond acceptors (Lipinski definition) is 5. The Hall–Kier alpha value is -2.74. The van der Waals surface area contributed by atoms with Gasteiger partial charge in [-0.1, -0.05) is 17.3 Å². The summed E-state index contributed by atoms with van der Waals surface area (Å²) in [6.07, 6.45) is 3.01. The van der Waals surface area contributed by atoms with E-state index in [1.54, 1.807) is 10.7 Å². The van der Waals surface area contributed by atoms with E-state index in [9.17, 15) is 9.59 Å². The van der Waals surface area contributed by atoms with Gasteiger partial charge in [0.25, 0.3) is 0 Å². The van der Waals surface area contributed by atoms with Crippen LogP contribution in [0.4, 0.5) is 5.69 Å². The molecule has 1 atom stereocenters. The highest BCUT2D eigenvalue weighted by Crippen LogP contribution is 2.22. The zero-order valence-electron chi connectivity index (χ0n) is 14.2. The minimum absolute atomic E-state index is 0.0710. The summed E-state index contributed by atoms with van der Waals surface area (Å²) in [5, 5.41) is 10.8. The molecule has 1 aliphatic heterocycles. The first-order valence-corrected chi connectivity index (χ1v) is 8.30. The average Bonchev–Trinajstić information content (AvgIpc) is 3.23. The van der Waals surface area contributed by atoms with Gasteiger partial charge in [0, 0.05) is 32.2 Å². The van der Waals surface area contributed by atoms with Crippen molar-refractivity contribution in [2.75, 3.05) is 18.4 Å². The van der Waals surface area contributed by atoms with E-state index in [-0.39, 0.29) is 17.9 Å². The Labute approximate surface area is 146 Å². The molecule has 3 N–H and O–H groups in total. The van der Waals surface area contributed by atoms with Crippen molar-refractivity contribution in [2.45, 2.75) is 32.4 Å². The molecule has 2 aromatic rings. The van der Waals surface area contributed by atoms with Crippen LogP contribution >= 0.6 is 0 Å². The average molecular weight is 342 g/mol. The molecule has 8 heteroatoms. The number of nitrogens with one attached hydrogen (secondary N) is 1. The SMILES string of the molecule is CC(=O)Nc1cccc(CC(=O)N2CCC(n3cc(CN)nn3)C2)c1. The summed E-state index contributed by atoms with van der Waals surface area (Å²) >= 11 is 0. The Balaban J connectivity index is 1.60. The molecule has 0 bridgehead atoms. The lowest BCUT2D eigenvalue weighted by atomic mass is 10.1. The van der Waals surface area contributed by atoms with Crippen LogP contribution in [0, 0.1) is 0 Å². The van der Waals surface area contributed by atoms with Gasteiger partial charge in [0.1, 0.15) is 0 Å². The Morgan fingerprint density at radius 3 is 2.96 bits per heavy atom. The van der Waals surface area contributed by atoms with Gasteiger partial charge in [-0.2, -0.15) is 0 Å². The first-order valence-electron chi connectivity index (χ1n) is 8.30. The van der Waals surface area contributed by atoms with Crippen molar-refractivity contribution in [2.24, 2.45) is 5.73 Å². The molecule has 132 valence electrons. The highest BCUT2D eigenvalue weighted by atomic mass is 16.2. The number of hydrogen-bond donors (Lipinski definition) is 2. The van der Waals surface area contributed by atoms with E-state index >= 15 is 0 Å². The van der Waals surface area contributed by atoms with Gasteiger partial charge in [-0.25, -0.2) is 4.68 Å². The molecule has 3 rings (SSSR count). The number of likely N-dealkylation sites (tertiary alicyclic amines) is 1. The van der Waals surface area contributed by atoms with E-state index in [1.165, 1.54) is 6.92 Å². The van der Waals surface area contributed by atoms with Crippen molar-refractivity contribution in [3.05, 3.63) is 41.7 Å². The minimum atomic E-state index is -0.129. The molecule has 25 heavy (non-hydrogen) atoms. The van der Waals surface area contributed by atoms with Crippen molar-refractivity contribution in [3.8, 4) is 0 Å². The van der Waals surface area contributed by atoms with Crippen LogP contribution in [0.15, 0.2) is 30.5 Å². The predicted molar refractivity (Wildman–Crippen MR) is 92.6 cm³/mol. The topological polar surface area (TPSA) is 106 Å². The third-order valence-electron chi connectivity index (χ3n) is 4.26. The van der Waals surface area contributed by atoms with E-state index in [2.05, 4.69) is 15.6 Å². The largest absolute Gasteiger partial charge is 0.340 e. The third kappa shape index (κ3) is 4.21. The number of benzene rings is 1. The Kier molecular flexibility index (Phi) is 5.08. The molecule has 0 spiro atoms. The van der Waals surface area contributed by atoms with E-state index < -0.39 is 0 Å². The highest BCUT2D eigenvalue weighted by Gasteiger charge is 2.28. The molecule has 1 aromatic carbocycles. The quantitative estimate of drug-likeness (QED) is 0.832. The van der Waals surface area contributed by atoms with Crippen molar-refractivity contribution in [1.29, 1.82) is 0 Å². The summed E-state index contributed by atoms with van der Waals surface area (Å²) in [6, 6.07) is 7.51. The second kappa shape index (κ2) is 7.43. The second-order valence-electron chi connectivity index (χ2n) is 6.23. The van der Waals surface area contributed by atoms with Crippen molar-refractivity contribution in [3.63, 3.8) is 0 Å². The lowest BCUT2D eigenvalue weighted by Crippen LogP contribution is -2.30. The minimum Gasteiger partial charge on any atom is -0.340 e. The van der Waals surface area contributed by atoms with Crippen LogP contribution in [-0.4, -0.2) is 44.8 Å². The normalized spacial score (nSPS) is 16.9. The fourth-order valence-electron chi connectivity index (χ4n) is 3.02. The zero-order chi connectivity index (χ0) is 17.8. The molecule has 1 aliphatic rings. The van der Waals surface area contributed by atoms with Gasteiger partial charge in [-0.3, -0.25) is 9.59 Å². The molecule has 2 amide bonds. The highest BCUT2D eigenvalue weighted by molar-refractivity contribution is 5.89. The Bertz CT molecular complexity index is 772. The van der Waals surface area contributed by atoms with E-state index in [0.29, 0.717) is 31.7 Å². The number of amides is 2. The van der Waals surface area contributed by atoms with Crippen LogP contribution < -0.4 is 11.1 Å². The van der Waals surface area contributed by atoms with E-state index in [1.807, 2.05) is 29.3 Å². The van der Waals surface area contributed by atoms with Gasteiger partial charge < -0.3 is 16.0 Å². The third-order valence-corrected chi connectivity index (χ3v) is 4.26. The van der Waals surface area contributed by atoms with Crippen LogP contribution in [0.2, 0.25) is 0 Å². The number of carbonyl (C=O) groups excluding carboxylic acids is 2. The fraction of sp³-hybridized carbons (Fsp3) is 0.412. The lowest BCUT2D eigenvalue weighted by molar-refractivity contribution is -0.129. The number of aromatic nitrogens is 3. The molecule has 0 radical (unpaired) electrons. The summed E-state index contributed by atoms with van der Waals surface area (Å²) in [6.45, 7) is 3.15. The molecule has 8 nitrogen and oxygen atoms in total. The molecular weight excluding hydrogens is 320 g/mol. The van der Waals surface area contributed by atoms with Crippen LogP contribution in [0.1, 0.15) is 30.6 Å². The standard InChI is InChI=1S/C17H22N6O2/c1-12(24)19-14-4-2-3-13(7-14)8-17(25)22-6-5-16(11-22)23-10-15(9-18)20-21-23/h2-4,7,10,16H,5-6,8-9,11,18H2,1H3,(H,19,24). The Morgan fingerprint density at radius 1 is 1.40 bits per heavy atom. The van der Waals surface area contributed by atoms with E-state index in [0.717, 1.165) is 17.7 Å². The Morgan fingerprint density at radius 2 is 2.24 bits per heavy atom. The molecule has 1 unspecified atom stereocenters. The summed E-state index contributed by atoms with van der Waals surface area (Å²) in [5.74, 6) is -0.0582. The van der Waals surface area contributed by atoms with Gasteiger partial charge in [-0.05, 0) is 24.1 Å². The maximum atomic E-state index is 12.6. The molecule has 1 aromatic heterocycles. The summed E-state index contributed by atoms with van der Waals surface area (Å²) < 4.78 is 1.80. The number of rotatable bonds is 5. The second-order valence-corrected chi connectivity index (χ2v) is 6.23. The first-order chi connectivity index (χ1) is 12.0. The summed E-state index contributed by atoms with van der Waals surface area (Å²) in [4.78, 5) is 25.5. The van der Waals surface area contributed by atoms with E-state index in [4.69, 9.17) is 5.73 Å². The zero-order valence-corrected chi connectivity index (χ0v) is 14.2. The maximum absolute atomic E-state index is 12.6. The maximum Gasteiger partial charge on any atom is 0.227 e. The molecule has 1 saturated heterocycles. The molecule has 1 fully saturated rings. The van der Waals surface area contributed by atoms with Crippen LogP contribution in [-0.2, 0) is 22.6 Å². The molecular formula is C17H22N6O2.